The SMILES string of the molecule is Nc1cc(Cl)c(Br)cc1OC=O. The predicted octanol–water partition coefficient (Wildman–Crippen LogP) is 2.22. The molecule has 0 aliphatic carbocycles. The molecular weight excluding hydrogens is 245 g/mol. The van der Waals surface area contributed by atoms with Gasteiger partial charge >= 0.3 is 0 Å². The van der Waals surface area contributed by atoms with Crippen LogP contribution in [0.3, 0.4) is 0 Å². The van der Waals surface area contributed by atoms with Crippen molar-refractivity contribution < 1.29 is 9.53 Å². The predicted molar refractivity (Wildman–Crippen MR) is 50.3 cm³/mol. The molecule has 3 nitrogen and oxygen atoms in total. The lowest BCUT2D eigenvalue weighted by molar-refractivity contribution is -0.120. The van der Waals surface area contributed by atoms with Crippen LogP contribution in [0.5, 0.6) is 5.75 Å². The maximum Gasteiger partial charge on any atom is 0.298 e. The summed E-state index contributed by atoms with van der Waals surface area (Å²) in [5, 5.41) is 0.478. The summed E-state index contributed by atoms with van der Waals surface area (Å²) < 4.78 is 5.21. The van der Waals surface area contributed by atoms with Crippen molar-refractivity contribution in [3.63, 3.8) is 0 Å². The molecular formula is C7H5BrClNO2. The van der Waals surface area contributed by atoms with E-state index < -0.39 is 0 Å². The fourth-order valence-electron chi connectivity index (χ4n) is 0.698. The molecule has 2 N–H and O–H groups in total. The van der Waals surface area contributed by atoms with Gasteiger partial charge in [-0.2, -0.15) is 0 Å². The molecule has 0 saturated carbocycles. The van der Waals surface area contributed by atoms with Crippen LogP contribution in [0.4, 0.5) is 5.69 Å². The van der Waals surface area contributed by atoms with E-state index in [1.54, 1.807) is 0 Å². The molecule has 0 radical (unpaired) electrons. The van der Waals surface area contributed by atoms with E-state index >= 15 is 0 Å². The number of nitrogens with two attached hydrogens (primary N) is 1. The fraction of sp³-hybridized carbons (Fsp3) is 0. The monoisotopic (exact) mass is 249 g/mol. The van der Waals surface area contributed by atoms with Crippen LogP contribution in [-0.4, -0.2) is 6.47 Å². The van der Waals surface area contributed by atoms with Gasteiger partial charge in [0.2, 0.25) is 0 Å². The zero-order valence-electron chi connectivity index (χ0n) is 5.88. The Kier molecular flexibility index (Phi) is 2.94. The molecule has 1 rings (SSSR count). The highest BCUT2D eigenvalue weighted by molar-refractivity contribution is 9.10. The molecule has 0 aliphatic heterocycles. The van der Waals surface area contributed by atoms with Crippen LogP contribution in [0.15, 0.2) is 16.6 Å². The molecule has 0 heterocycles. The minimum atomic E-state index is 0.293. The summed E-state index contributed by atoms with van der Waals surface area (Å²) in [7, 11) is 0. The Bertz CT molecular complexity index is 317. The minimum absolute atomic E-state index is 0.293. The molecule has 0 aliphatic rings. The number of rotatable bonds is 2. The number of hydrogen-bond acceptors (Lipinski definition) is 3. The summed E-state index contributed by atoms with van der Waals surface area (Å²) in [5.41, 5.74) is 5.82. The van der Waals surface area contributed by atoms with E-state index in [0.717, 1.165) is 0 Å². The molecule has 1 aromatic carbocycles. The van der Waals surface area contributed by atoms with E-state index in [1.807, 2.05) is 0 Å². The first-order valence-corrected chi connectivity index (χ1v) is 4.17. The summed E-state index contributed by atoms with van der Waals surface area (Å²) in [6.07, 6.45) is 0. The Labute approximate surface area is 82.6 Å². The minimum Gasteiger partial charge on any atom is -0.427 e. The number of carbonyl (C=O) groups is 1. The van der Waals surface area contributed by atoms with Crippen molar-refractivity contribution in [2.45, 2.75) is 0 Å². The van der Waals surface area contributed by atoms with Gasteiger partial charge in [-0.05, 0) is 28.1 Å². The van der Waals surface area contributed by atoms with Gasteiger partial charge in [-0.1, -0.05) is 11.6 Å². The zero-order chi connectivity index (χ0) is 9.14. The number of ether oxygens (including phenoxy) is 1. The molecule has 12 heavy (non-hydrogen) atoms. The number of carbonyl (C=O) groups excluding carboxylic acids is 1. The Morgan fingerprint density at radius 3 is 2.83 bits per heavy atom. The van der Waals surface area contributed by atoms with E-state index in [0.29, 0.717) is 27.4 Å². The van der Waals surface area contributed by atoms with Crippen molar-refractivity contribution in [3.8, 4) is 5.75 Å². The van der Waals surface area contributed by atoms with Gasteiger partial charge in [-0.25, -0.2) is 0 Å². The topological polar surface area (TPSA) is 52.3 Å². The lowest BCUT2D eigenvalue weighted by Crippen LogP contribution is -1.95. The molecule has 0 amide bonds. The van der Waals surface area contributed by atoms with E-state index in [2.05, 4.69) is 20.7 Å². The lowest BCUT2D eigenvalue weighted by Gasteiger charge is -2.03. The number of hydrogen-bond donors (Lipinski definition) is 1. The molecule has 0 atom stereocenters. The van der Waals surface area contributed by atoms with Gasteiger partial charge in [-0.15, -0.1) is 0 Å². The number of anilines is 1. The average molecular weight is 250 g/mol. The van der Waals surface area contributed by atoms with Gasteiger partial charge in [-0.3, -0.25) is 4.79 Å². The van der Waals surface area contributed by atoms with Crippen molar-refractivity contribution in [1.82, 2.24) is 0 Å². The summed E-state index contributed by atoms with van der Waals surface area (Å²) in [5.74, 6) is 0.293. The first-order chi connectivity index (χ1) is 5.65. The first kappa shape index (κ1) is 9.35. The molecule has 5 heteroatoms. The fourth-order valence-corrected chi connectivity index (χ4v) is 1.19. The van der Waals surface area contributed by atoms with Crippen LogP contribution in [0.1, 0.15) is 0 Å². The van der Waals surface area contributed by atoms with Gasteiger partial charge < -0.3 is 10.5 Å². The molecule has 0 saturated heterocycles. The zero-order valence-corrected chi connectivity index (χ0v) is 8.22. The van der Waals surface area contributed by atoms with Crippen molar-refractivity contribution in [1.29, 1.82) is 0 Å². The Balaban J connectivity index is 3.13. The Hall–Kier alpha value is -0.740. The molecule has 64 valence electrons. The largest absolute Gasteiger partial charge is 0.427 e. The molecule has 0 bridgehead atoms. The number of halogens is 2. The highest BCUT2D eigenvalue weighted by Gasteiger charge is 2.04. The quantitative estimate of drug-likeness (QED) is 0.647. The molecule has 0 unspecified atom stereocenters. The summed E-state index contributed by atoms with van der Waals surface area (Å²) in [4.78, 5) is 10.00. The second kappa shape index (κ2) is 3.78. The van der Waals surface area contributed by atoms with E-state index in [9.17, 15) is 4.79 Å². The van der Waals surface area contributed by atoms with Crippen LogP contribution in [-0.2, 0) is 4.79 Å². The third kappa shape index (κ3) is 1.89. The van der Waals surface area contributed by atoms with Crippen LogP contribution in [0, 0.1) is 0 Å². The van der Waals surface area contributed by atoms with Gasteiger partial charge in [0.25, 0.3) is 6.47 Å². The number of benzene rings is 1. The van der Waals surface area contributed by atoms with Crippen LogP contribution >= 0.6 is 27.5 Å². The van der Waals surface area contributed by atoms with E-state index in [-0.39, 0.29) is 0 Å². The Morgan fingerprint density at radius 1 is 1.58 bits per heavy atom. The van der Waals surface area contributed by atoms with Crippen molar-refractivity contribution >= 4 is 39.7 Å². The van der Waals surface area contributed by atoms with Crippen molar-refractivity contribution in [2.75, 3.05) is 5.73 Å². The molecule has 0 aromatic heterocycles. The highest BCUT2D eigenvalue weighted by Crippen LogP contribution is 2.32. The van der Waals surface area contributed by atoms with E-state index in [1.165, 1.54) is 12.1 Å². The van der Waals surface area contributed by atoms with Gasteiger partial charge in [0, 0.05) is 4.47 Å². The summed E-state index contributed by atoms with van der Waals surface area (Å²) in [6, 6.07) is 3.04. The Morgan fingerprint density at radius 2 is 2.25 bits per heavy atom. The molecule has 0 fully saturated rings. The third-order valence-electron chi connectivity index (χ3n) is 1.23. The smallest absolute Gasteiger partial charge is 0.298 e. The second-order valence-electron chi connectivity index (χ2n) is 2.02. The van der Waals surface area contributed by atoms with Crippen molar-refractivity contribution in [3.05, 3.63) is 21.6 Å². The normalized spacial score (nSPS) is 9.50. The van der Waals surface area contributed by atoms with Gasteiger partial charge in [0.1, 0.15) is 0 Å². The average Bonchev–Trinajstić information content (AvgIpc) is 2.01. The van der Waals surface area contributed by atoms with Crippen LogP contribution < -0.4 is 10.5 Å². The first-order valence-electron chi connectivity index (χ1n) is 3.00. The van der Waals surface area contributed by atoms with Gasteiger partial charge in [0.05, 0.1) is 10.7 Å². The highest BCUT2D eigenvalue weighted by atomic mass is 79.9. The summed E-state index contributed by atoms with van der Waals surface area (Å²) >= 11 is 8.88. The van der Waals surface area contributed by atoms with Crippen LogP contribution in [0.25, 0.3) is 0 Å². The van der Waals surface area contributed by atoms with Crippen LogP contribution in [0.2, 0.25) is 5.02 Å². The lowest BCUT2D eigenvalue weighted by atomic mass is 10.3. The third-order valence-corrected chi connectivity index (χ3v) is 2.42. The maximum atomic E-state index is 10.00. The molecule has 0 spiro atoms. The number of nitrogen functional groups attached to an aromatic ring is 1. The van der Waals surface area contributed by atoms with Gasteiger partial charge in [0.15, 0.2) is 5.75 Å². The molecule has 1 aromatic rings. The second-order valence-corrected chi connectivity index (χ2v) is 3.28. The standard InChI is InChI=1S/C7H5BrClNO2/c8-4-1-7(12-3-11)6(10)2-5(4)9/h1-3H,10H2. The van der Waals surface area contributed by atoms with E-state index in [4.69, 9.17) is 17.3 Å². The maximum absolute atomic E-state index is 10.00. The van der Waals surface area contributed by atoms with Crippen molar-refractivity contribution in [2.24, 2.45) is 0 Å². The summed E-state index contributed by atoms with van der Waals surface area (Å²) in [6.45, 7) is 0.312.